The Balaban J connectivity index is 2.46. The van der Waals surface area contributed by atoms with Crippen molar-refractivity contribution in [2.75, 3.05) is 13.2 Å². The van der Waals surface area contributed by atoms with Gasteiger partial charge in [-0.25, -0.2) is 0 Å². The number of hydrogen-bond acceptors (Lipinski definition) is 3. The number of aliphatic hydroxyl groups excluding tert-OH is 1. The highest BCUT2D eigenvalue weighted by Crippen LogP contribution is 2.58. The zero-order valence-corrected chi connectivity index (χ0v) is 12.0. The van der Waals surface area contributed by atoms with Gasteiger partial charge in [-0.05, 0) is 24.2 Å². The molecule has 0 saturated heterocycles. The topological polar surface area (TPSA) is 86.6 Å². The third-order valence-electron chi connectivity index (χ3n) is 4.18. The second kappa shape index (κ2) is 6.37. The van der Waals surface area contributed by atoms with Crippen LogP contribution in [0.15, 0.2) is 0 Å². The molecule has 1 fully saturated rings. The van der Waals surface area contributed by atoms with Crippen LogP contribution in [0.4, 0.5) is 0 Å². The summed E-state index contributed by atoms with van der Waals surface area (Å²) in [7, 11) is 0. The SMILES string of the molecule is CCCC(CCO)CNC(=O)[C@H]1[C@@H](C(=O)O)C1(C)C. The molecular weight excluding hydrogens is 246 g/mol. The molecule has 110 valence electrons. The fraction of sp³-hybridized carbons (Fsp3) is 0.857. The molecule has 0 aromatic heterocycles. The van der Waals surface area contributed by atoms with Crippen LogP contribution in [0.25, 0.3) is 0 Å². The minimum atomic E-state index is -0.898. The predicted octanol–water partition coefficient (Wildman–Crippen LogP) is 1.26. The molecule has 0 aromatic carbocycles. The van der Waals surface area contributed by atoms with Crippen molar-refractivity contribution in [3.63, 3.8) is 0 Å². The molecule has 3 atom stereocenters. The molecule has 5 nitrogen and oxygen atoms in total. The third-order valence-corrected chi connectivity index (χ3v) is 4.18. The van der Waals surface area contributed by atoms with Crippen molar-refractivity contribution >= 4 is 11.9 Å². The summed E-state index contributed by atoms with van der Waals surface area (Å²) in [6.07, 6.45) is 2.63. The first-order chi connectivity index (χ1) is 8.86. The zero-order chi connectivity index (χ0) is 14.6. The van der Waals surface area contributed by atoms with E-state index in [1.165, 1.54) is 0 Å². The third kappa shape index (κ3) is 3.69. The number of aliphatic hydroxyl groups is 1. The van der Waals surface area contributed by atoms with Gasteiger partial charge in [0.25, 0.3) is 0 Å². The van der Waals surface area contributed by atoms with Gasteiger partial charge in [-0.3, -0.25) is 9.59 Å². The molecule has 0 bridgehead atoms. The molecule has 1 rings (SSSR count). The van der Waals surface area contributed by atoms with Crippen molar-refractivity contribution in [3.05, 3.63) is 0 Å². The van der Waals surface area contributed by atoms with Gasteiger partial charge in [0, 0.05) is 13.2 Å². The van der Waals surface area contributed by atoms with Gasteiger partial charge in [0.1, 0.15) is 0 Å². The van der Waals surface area contributed by atoms with Crippen LogP contribution in [0.5, 0.6) is 0 Å². The lowest BCUT2D eigenvalue weighted by atomic mass is 10.00. The van der Waals surface area contributed by atoms with E-state index in [4.69, 9.17) is 10.2 Å². The summed E-state index contributed by atoms with van der Waals surface area (Å²) in [4.78, 5) is 23.0. The molecule has 1 amide bonds. The molecule has 3 N–H and O–H groups in total. The standard InChI is InChI=1S/C14H25NO4/c1-4-5-9(6-7-16)8-15-12(17)10-11(13(18)19)14(10,2)3/h9-11,16H,4-8H2,1-3H3,(H,15,17)(H,18,19)/t9?,10-,11+/m1/s1. The van der Waals surface area contributed by atoms with Gasteiger partial charge in [0.15, 0.2) is 0 Å². The van der Waals surface area contributed by atoms with E-state index in [9.17, 15) is 9.59 Å². The summed E-state index contributed by atoms with van der Waals surface area (Å²) in [5.41, 5.74) is -0.451. The number of carbonyl (C=O) groups excluding carboxylic acids is 1. The van der Waals surface area contributed by atoms with Crippen LogP contribution in [-0.2, 0) is 9.59 Å². The van der Waals surface area contributed by atoms with Crippen molar-refractivity contribution < 1.29 is 19.8 Å². The number of nitrogens with one attached hydrogen (secondary N) is 1. The van der Waals surface area contributed by atoms with Crippen LogP contribution < -0.4 is 5.32 Å². The van der Waals surface area contributed by atoms with Gasteiger partial charge >= 0.3 is 5.97 Å². The maximum Gasteiger partial charge on any atom is 0.307 e. The minimum Gasteiger partial charge on any atom is -0.481 e. The number of hydrogen-bond donors (Lipinski definition) is 3. The average molecular weight is 271 g/mol. The lowest BCUT2D eigenvalue weighted by Gasteiger charge is -2.16. The molecule has 0 spiro atoms. The Kier molecular flexibility index (Phi) is 5.35. The molecule has 1 aliphatic rings. The Morgan fingerprint density at radius 1 is 1.26 bits per heavy atom. The molecule has 19 heavy (non-hydrogen) atoms. The lowest BCUT2D eigenvalue weighted by Crippen LogP contribution is -2.32. The summed E-state index contributed by atoms with van der Waals surface area (Å²) in [5, 5.41) is 20.8. The Morgan fingerprint density at radius 2 is 1.89 bits per heavy atom. The minimum absolute atomic E-state index is 0.118. The van der Waals surface area contributed by atoms with Gasteiger partial charge in [-0.15, -0.1) is 0 Å². The van der Waals surface area contributed by atoms with E-state index < -0.39 is 23.2 Å². The summed E-state index contributed by atoms with van der Waals surface area (Å²) in [6.45, 7) is 6.33. The molecule has 5 heteroatoms. The Hall–Kier alpha value is -1.10. The molecule has 0 heterocycles. The predicted molar refractivity (Wildman–Crippen MR) is 71.5 cm³/mol. The molecule has 1 saturated carbocycles. The van der Waals surface area contributed by atoms with Gasteiger partial charge in [-0.1, -0.05) is 27.2 Å². The normalized spacial score (nSPS) is 25.7. The zero-order valence-electron chi connectivity index (χ0n) is 12.0. The van der Waals surface area contributed by atoms with E-state index in [2.05, 4.69) is 12.2 Å². The smallest absolute Gasteiger partial charge is 0.307 e. The van der Waals surface area contributed by atoms with E-state index in [0.717, 1.165) is 12.8 Å². The van der Waals surface area contributed by atoms with Crippen molar-refractivity contribution in [3.8, 4) is 0 Å². The first-order valence-electron chi connectivity index (χ1n) is 6.97. The maximum absolute atomic E-state index is 12.0. The van der Waals surface area contributed by atoms with E-state index in [0.29, 0.717) is 13.0 Å². The number of aliphatic carboxylic acids is 1. The van der Waals surface area contributed by atoms with E-state index in [-0.39, 0.29) is 18.4 Å². The number of carbonyl (C=O) groups is 2. The fourth-order valence-electron chi connectivity index (χ4n) is 2.88. The van der Waals surface area contributed by atoms with E-state index in [1.807, 2.05) is 13.8 Å². The number of amides is 1. The van der Waals surface area contributed by atoms with Crippen molar-refractivity contribution in [2.24, 2.45) is 23.2 Å². The quantitative estimate of drug-likeness (QED) is 0.620. The van der Waals surface area contributed by atoms with Crippen molar-refractivity contribution in [1.82, 2.24) is 5.32 Å². The highest BCUT2D eigenvalue weighted by Gasteiger charge is 2.65. The van der Waals surface area contributed by atoms with E-state index >= 15 is 0 Å². The molecule has 0 radical (unpaired) electrons. The maximum atomic E-state index is 12.0. The van der Waals surface area contributed by atoms with Crippen molar-refractivity contribution in [2.45, 2.75) is 40.0 Å². The van der Waals surface area contributed by atoms with Crippen molar-refractivity contribution in [1.29, 1.82) is 0 Å². The monoisotopic (exact) mass is 271 g/mol. The highest BCUT2D eigenvalue weighted by molar-refractivity contribution is 5.91. The Morgan fingerprint density at radius 3 is 2.32 bits per heavy atom. The summed E-state index contributed by atoms with van der Waals surface area (Å²) >= 11 is 0. The second-order valence-electron chi connectivity index (χ2n) is 6.03. The number of carboxylic acid groups (broad SMARTS) is 1. The van der Waals surface area contributed by atoms with Gasteiger partial charge in [0.2, 0.25) is 5.91 Å². The molecule has 0 aliphatic heterocycles. The van der Waals surface area contributed by atoms with Gasteiger partial charge in [-0.2, -0.15) is 0 Å². The molecule has 0 aromatic rings. The molecule has 1 unspecified atom stereocenters. The first-order valence-corrected chi connectivity index (χ1v) is 6.97. The molecule has 1 aliphatic carbocycles. The lowest BCUT2D eigenvalue weighted by molar-refractivity contribution is -0.140. The first kappa shape index (κ1) is 16.0. The van der Waals surface area contributed by atoms with Crippen LogP contribution in [-0.4, -0.2) is 35.2 Å². The van der Waals surface area contributed by atoms with Gasteiger partial charge in [0.05, 0.1) is 11.8 Å². The van der Waals surface area contributed by atoms with Gasteiger partial charge < -0.3 is 15.5 Å². The highest BCUT2D eigenvalue weighted by atomic mass is 16.4. The second-order valence-corrected chi connectivity index (χ2v) is 6.03. The fourth-order valence-corrected chi connectivity index (χ4v) is 2.88. The summed E-state index contributed by atoms with van der Waals surface area (Å²) in [6, 6.07) is 0. The Labute approximate surface area is 114 Å². The number of rotatable bonds is 8. The van der Waals surface area contributed by atoms with Crippen LogP contribution >= 0.6 is 0 Å². The largest absolute Gasteiger partial charge is 0.481 e. The van der Waals surface area contributed by atoms with Crippen LogP contribution in [0.1, 0.15) is 40.0 Å². The van der Waals surface area contributed by atoms with Crippen LogP contribution in [0.3, 0.4) is 0 Å². The summed E-state index contributed by atoms with van der Waals surface area (Å²) in [5.74, 6) is -1.80. The van der Waals surface area contributed by atoms with Crippen LogP contribution in [0, 0.1) is 23.2 Å². The average Bonchev–Trinajstić information content (AvgIpc) is 2.90. The van der Waals surface area contributed by atoms with E-state index in [1.54, 1.807) is 0 Å². The molecular formula is C14H25NO4. The van der Waals surface area contributed by atoms with Crippen LogP contribution in [0.2, 0.25) is 0 Å². The number of carboxylic acids is 1. The Bertz CT molecular complexity index is 334. The summed E-state index contributed by atoms with van der Waals surface area (Å²) < 4.78 is 0.